The van der Waals surface area contributed by atoms with Crippen LogP contribution in [0.4, 0.5) is 10.1 Å². The lowest BCUT2D eigenvalue weighted by Gasteiger charge is -2.32. The summed E-state index contributed by atoms with van der Waals surface area (Å²) in [4.78, 5) is 27.1. The Morgan fingerprint density at radius 1 is 1.00 bits per heavy atom. The van der Waals surface area contributed by atoms with E-state index in [0.717, 1.165) is 55.6 Å². The molecule has 5 nitrogen and oxygen atoms in total. The normalized spacial score (nSPS) is 15.0. The minimum Gasteiger partial charge on any atom is -0.349 e. The fourth-order valence-corrected chi connectivity index (χ4v) is 3.89. The van der Waals surface area contributed by atoms with E-state index in [1.807, 2.05) is 6.07 Å². The van der Waals surface area contributed by atoms with Gasteiger partial charge in [0.05, 0.1) is 6.54 Å². The molecular weight excluding hydrogens is 381 g/mol. The van der Waals surface area contributed by atoms with Gasteiger partial charge in [-0.3, -0.25) is 14.5 Å². The molecule has 2 N–H and O–H groups in total. The van der Waals surface area contributed by atoms with Crippen molar-refractivity contribution in [1.29, 1.82) is 0 Å². The molecule has 2 aromatic carbocycles. The fourth-order valence-electron chi connectivity index (χ4n) is 3.89. The third-order valence-corrected chi connectivity index (χ3v) is 5.66. The van der Waals surface area contributed by atoms with Crippen LogP contribution in [0.15, 0.2) is 42.5 Å². The van der Waals surface area contributed by atoms with E-state index in [1.54, 1.807) is 0 Å². The molecule has 2 amide bonds. The van der Waals surface area contributed by atoms with Crippen molar-refractivity contribution in [3.63, 3.8) is 0 Å². The molecule has 0 bridgehead atoms. The second-order valence-electron chi connectivity index (χ2n) is 7.74. The van der Waals surface area contributed by atoms with E-state index in [4.69, 9.17) is 0 Å². The molecule has 1 aliphatic heterocycles. The van der Waals surface area contributed by atoms with Gasteiger partial charge in [-0.05, 0) is 61.1 Å². The van der Waals surface area contributed by atoms with Crippen molar-refractivity contribution in [2.75, 3.05) is 25.0 Å². The van der Waals surface area contributed by atoms with E-state index in [2.05, 4.69) is 41.5 Å². The maximum atomic E-state index is 13.0. The molecule has 0 spiro atoms. The number of piperidine rings is 1. The third-order valence-electron chi connectivity index (χ3n) is 5.66. The molecule has 6 heteroatoms. The number of rotatable bonds is 7. The number of anilines is 1. The van der Waals surface area contributed by atoms with Crippen LogP contribution in [0.2, 0.25) is 0 Å². The number of amides is 2. The first kappa shape index (κ1) is 22.0. The number of nitrogens with one attached hydrogen (secondary N) is 2. The van der Waals surface area contributed by atoms with Gasteiger partial charge in [0.15, 0.2) is 0 Å². The zero-order valence-electron chi connectivity index (χ0n) is 17.7. The molecule has 160 valence electrons. The predicted molar refractivity (Wildman–Crippen MR) is 117 cm³/mol. The highest BCUT2D eigenvalue weighted by Crippen LogP contribution is 2.22. The Labute approximate surface area is 177 Å². The van der Waals surface area contributed by atoms with Crippen LogP contribution in [0.5, 0.6) is 0 Å². The number of para-hydroxylation sites is 1. The Morgan fingerprint density at radius 2 is 1.60 bits per heavy atom. The Kier molecular flexibility index (Phi) is 7.57. The van der Waals surface area contributed by atoms with E-state index in [0.29, 0.717) is 12.1 Å². The zero-order chi connectivity index (χ0) is 21.5. The van der Waals surface area contributed by atoms with Gasteiger partial charge < -0.3 is 10.6 Å². The van der Waals surface area contributed by atoms with Crippen LogP contribution in [-0.4, -0.2) is 42.4 Å². The molecule has 0 radical (unpaired) electrons. The average molecular weight is 412 g/mol. The van der Waals surface area contributed by atoms with Crippen LogP contribution in [0.1, 0.15) is 48.2 Å². The first-order chi connectivity index (χ1) is 14.5. The molecule has 30 heavy (non-hydrogen) atoms. The highest BCUT2D eigenvalue weighted by Gasteiger charge is 2.23. The Bertz CT molecular complexity index is 852. The molecule has 1 heterocycles. The van der Waals surface area contributed by atoms with Crippen molar-refractivity contribution in [1.82, 2.24) is 10.2 Å². The monoisotopic (exact) mass is 411 g/mol. The number of benzene rings is 2. The summed E-state index contributed by atoms with van der Waals surface area (Å²) in [5.41, 5.74) is 3.73. The number of likely N-dealkylation sites (tertiary alicyclic amines) is 1. The van der Waals surface area contributed by atoms with Crippen molar-refractivity contribution in [2.45, 2.75) is 45.6 Å². The first-order valence-corrected chi connectivity index (χ1v) is 10.7. The number of carbonyl (C=O) groups excluding carboxylic acids is 2. The Balaban J connectivity index is 1.48. The molecular formula is C24H30FN3O2. The first-order valence-electron chi connectivity index (χ1n) is 10.7. The number of hydrogen-bond acceptors (Lipinski definition) is 3. The van der Waals surface area contributed by atoms with Crippen LogP contribution in [0, 0.1) is 5.82 Å². The molecule has 1 saturated heterocycles. The topological polar surface area (TPSA) is 61.4 Å². The summed E-state index contributed by atoms with van der Waals surface area (Å²) in [6, 6.07) is 11.8. The van der Waals surface area contributed by atoms with E-state index >= 15 is 0 Å². The van der Waals surface area contributed by atoms with E-state index in [-0.39, 0.29) is 23.7 Å². The number of aryl methyl sites for hydroxylation is 2. The SMILES string of the molecule is CCc1cccc(CC)c1NC(=O)CN1CCC(NC(=O)c2ccc(F)cc2)CC1. The summed E-state index contributed by atoms with van der Waals surface area (Å²) in [5, 5.41) is 6.13. The molecule has 0 aromatic heterocycles. The molecule has 1 fully saturated rings. The highest BCUT2D eigenvalue weighted by molar-refractivity contribution is 5.94. The molecule has 0 aliphatic carbocycles. The number of carbonyl (C=O) groups is 2. The lowest BCUT2D eigenvalue weighted by molar-refractivity contribution is -0.117. The molecule has 0 atom stereocenters. The highest BCUT2D eigenvalue weighted by atomic mass is 19.1. The maximum absolute atomic E-state index is 13.0. The third kappa shape index (κ3) is 5.66. The summed E-state index contributed by atoms with van der Waals surface area (Å²) in [6.07, 6.45) is 3.32. The minimum absolute atomic E-state index is 0.000558. The van der Waals surface area contributed by atoms with Gasteiger partial charge >= 0.3 is 0 Å². The van der Waals surface area contributed by atoms with Gasteiger partial charge in [0.2, 0.25) is 5.91 Å². The van der Waals surface area contributed by atoms with E-state index in [1.165, 1.54) is 24.3 Å². The van der Waals surface area contributed by atoms with Gasteiger partial charge in [-0.2, -0.15) is 0 Å². The van der Waals surface area contributed by atoms with Crippen molar-refractivity contribution in [3.05, 3.63) is 65.0 Å². The Hall–Kier alpha value is -2.73. The van der Waals surface area contributed by atoms with Gasteiger partial charge in [-0.25, -0.2) is 4.39 Å². The summed E-state index contributed by atoms with van der Waals surface area (Å²) in [6.45, 7) is 6.03. The largest absolute Gasteiger partial charge is 0.349 e. The second-order valence-corrected chi connectivity index (χ2v) is 7.74. The van der Waals surface area contributed by atoms with Gasteiger partial charge in [0, 0.05) is 30.4 Å². The van der Waals surface area contributed by atoms with E-state index in [9.17, 15) is 14.0 Å². The zero-order valence-corrected chi connectivity index (χ0v) is 17.7. The number of hydrogen-bond donors (Lipinski definition) is 2. The van der Waals surface area contributed by atoms with Crippen LogP contribution >= 0.6 is 0 Å². The summed E-state index contributed by atoms with van der Waals surface area (Å²) in [5.74, 6) is -0.542. The fraction of sp³-hybridized carbons (Fsp3) is 0.417. The van der Waals surface area contributed by atoms with E-state index < -0.39 is 0 Å². The minimum atomic E-state index is -0.356. The van der Waals surface area contributed by atoms with Crippen molar-refractivity contribution < 1.29 is 14.0 Å². The molecule has 2 aromatic rings. The van der Waals surface area contributed by atoms with Gasteiger partial charge in [-0.1, -0.05) is 32.0 Å². The maximum Gasteiger partial charge on any atom is 0.251 e. The smallest absolute Gasteiger partial charge is 0.251 e. The Morgan fingerprint density at radius 3 is 2.17 bits per heavy atom. The second kappa shape index (κ2) is 10.3. The van der Waals surface area contributed by atoms with Crippen LogP contribution in [0.25, 0.3) is 0 Å². The van der Waals surface area contributed by atoms with Crippen LogP contribution < -0.4 is 10.6 Å². The van der Waals surface area contributed by atoms with Crippen molar-refractivity contribution in [3.8, 4) is 0 Å². The quantitative estimate of drug-likeness (QED) is 0.729. The summed E-state index contributed by atoms with van der Waals surface area (Å²) < 4.78 is 13.0. The van der Waals surface area contributed by atoms with Crippen LogP contribution in [0.3, 0.4) is 0 Å². The number of nitrogens with zero attached hydrogens (tertiary/aromatic N) is 1. The van der Waals surface area contributed by atoms with Crippen LogP contribution in [-0.2, 0) is 17.6 Å². The average Bonchev–Trinajstić information content (AvgIpc) is 2.75. The van der Waals surface area contributed by atoms with Gasteiger partial charge in [-0.15, -0.1) is 0 Å². The molecule has 1 aliphatic rings. The molecule has 0 saturated carbocycles. The summed E-state index contributed by atoms with van der Waals surface area (Å²) in [7, 11) is 0. The van der Waals surface area contributed by atoms with Gasteiger partial charge in [0.25, 0.3) is 5.91 Å². The van der Waals surface area contributed by atoms with Gasteiger partial charge in [0.1, 0.15) is 5.82 Å². The lowest BCUT2D eigenvalue weighted by Crippen LogP contribution is -2.46. The molecule has 0 unspecified atom stereocenters. The van der Waals surface area contributed by atoms with Crippen molar-refractivity contribution >= 4 is 17.5 Å². The lowest BCUT2D eigenvalue weighted by atomic mass is 10.0. The molecule has 3 rings (SSSR count). The predicted octanol–water partition coefficient (Wildman–Crippen LogP) is 3.78. The number of halogens is 1. The summed E-state index contributed by atoms with van der Waals surface area (Å²) >= 11 is 0. The van der Waals surface area contributed by atoms with Crippen molar-refractivity contribution in [2.24, 2.45) is 0 Å². The standard InChI is InChI=1S/C24H30FN3O2/c1-3-17-6-5-7-18(4-2)23(17)27-22(29)16-28-14-12-21(13-15-28)26-24(30)19-8-10-20(25)11-9-19/h5-11,21H,3-4,12-16H2,1-2H3,(H,26,30)(H,27,29).